The number of amides is 1. The average molecular weight is 496 g/mol. The summed E-state index contributed by atoms with van der Waals surface area (Å²) in [5.41, 5.74) is 0.484. The summed E-state index contributed by atoms with van der Waals surface area (Å²) in [5.74, 6) is -0.159. The first-order valence-electron chi connectivity index (χ1n) is 11.7. The number of hydrogen-bond donors (Lipinski definition) is 1. The average Bonchev–Trinajstić information content (AvgIpc) is 2.83. The van der Waals surface area contributed by atoms with Crippen molar-refractivity contribution < 1.29 is 47.4 Å². The summed E-state index contributed by atoms with van der Waals surface area (Å²) < 4.78 is 48.0. The van der Waals surface area contributed by atoms with Crippen LogP contribution >= 0.6 is 0 Å². The maximum atomic E-state index is 11.3. The van der Waals surface area contributed by atoms with Gasteiger partial charge in [-0.2, -0.15) is 0 Å². The van der Waals surface area contributed by atoms with E-state index in [4.69, 9.17) is 42.6 Å². The molecule has 0 aliphatic rings. The molecule has 11 heteroatoms. The smallest absolute Gasteiger partial charge is 0.246 e. The molecule has 0 aromatic rings. The van der Waals surface area contributed by atoms with Gasteiger partial charge in [-0.05, 0) is 6.92 Å². The number of rotatable bonds is 28. The van der Waals surface area contributed by atoms with Gasteiger partial charge in [-0.15, -0.1) is 0 Å². The van der Waals surface area contributed by atoms with Crippen molar-refractivity contribution >= 4 is 5.91 Å². The lowest BCUT2D eigenvalue weighted by molar-refractivity contribution is -0.117. The van der Waals surface area contributed by atoms with Gasteiger partial charge < -0.3 is 47.9 Å². The lowest BCUT2D eigenvalue weighted by Crippen LogP contribution is -2.27. The Bertz CT molecular complexity index is 453. The molecule has 1 amide bonds. The van der Waals surface area contributed by atoms with E-state index < -0.39 is 0 Å². The van der Waals surface area contributed by atoms with Crippen molar-refractivity contribution in [3.05, 3.63) is 12.2 Å². The van der Waals surface area contributed by atoms with Crippen molar-refractivity contribution in [1.82, 2.24) is 5.32 Å². The first kappa shape index (κ1) is 32.8. The highest BCUT2D eigenvalue weighted by Crippen LogP contribution is 1.87. The van der Waals surface area contributed by atoms with Crippen molar-refractivity contribution in [2.45, 2.75) is 6.92 Å². The van der Waals surface area contributed by atoms with E-state index in [1.807, 2.05) is 0 Å². The lowest BCUT2D eigenvalue weighted by Gasteiger charge is -2.09. The summed E-state index contributed by atoms with van der Waals surface area (Å²) in [7, 11) is 1.64. The highest BCUT2D eigenvalue weighted by Gasteiger charge is 1.99. The number of ether oxygens (including phenoxy) is 9. The summed E-state index contributed by atoms with van der Waals surface area (Å²) >= 11 is 0. The topological polar surface area (TPSA) is 112 Å². The fraction of sp³-hybridized carbons (Fsp3) is 0.870. The lowest BCUT2D eigenvalue weighted by atomic mass is 10.3. The molecular formula is C23H45NO10. The van der Waals surface area contributed by atoms with Gasteiger partial charge in [-0.25, -0.2) is 0 Å². The first-order chi connectivity index (χ1) is 16.7. The second kappa shape index (κ2) is 28.1. The Labute approximate surface area is 204 Å². The fourth-order valence-corrected chi connectivity index (χ4v) is 2.17. The Hall–Kier alpha value is -1.15. The van der Waals surface area contributed by atoms with Crippen LogP contribution in [0.15, 0.2) is 12.2 Å². The van der Waals surface area contributed by atoms with Gasteiger partial charge in [0, 0.05) is 19.2 Å². The van der Waals surface area contributed by atoms with Crippen LogP contribution in [0.5, 0.6) is 0 Å². The maximum absolute atomic E-state index is 11.3. The summed E-state index contributed by atoms with van der Waals surface area (Å²) in [6.07, 6.45) is 0. The van der Waals surface area contributed by atoms with Gasteiger partial charge in [0.1, 0.15) is 0 Å². The van der Waals surface area contributed by atoms with Crippen LogP contribution < -0.4 is 5.32 Å². The zero-order valence-electron chi connectivity index (χ0n) is 21.0. The van der Waals surface area contributed by atoms with Gasteiger partial charge in [0.2, 0.25) is 5.91 Å². The summed E-state index contributed by atoms with van der Waals surface area (Å²) in [4.78, 5) is 11.3. The molecule has 0 bridgehead atoms. The molecular weight excluding hydrogens is 450 g/mol. The molecule has 0 saturated carbocycles. The molecule has 0 heterocycles. The van der Waals surface area contributed by atoms with Gasteiger partial charge in [0.25, 0.3) is 0 Å². The van der Waals surface area contributed by atoms with E-state index in [9.17, 15) is 4.79 Å². The van der Waals surface area contributed by atoms with Crippen LogP contribution in [-0.2, 0) is 47.4 Å². The van der Waals surface area contributed by atoms with E-state index in [0.717, 1.165) is 0 Å². The molecule has 0 aromatic heterocycles. The summed E-state index contributed by atoms with van der Waals surface area (Å²) in [6.45, 7) is 14.5. The van der Waals surface area contributed by atoms with Crippen LogP contribution in [0, 0.1) is 0 Å². The van der Waals surface area contributed by atoms with Crippen LogP contribution in [-0.4, -0.2) is 132 Å². The highest BCUT2D eigenvalue weighted by atomic mass is 16.6. The van der Waals surface area contributed by atoms with Gasteiger partial charge in [0.15, 0.2) is 0 Å². The van der Waals surface area contributed by atoms with E-state index in [2.05, 4.69) is 11.9 Å². The SMILES string of the molecule is C=C(C)C(=O)NCCOCCOCCOCCOCCOCCOCCOCCOCCOC. The molecule has 0 rings (SSSR count). The molecule has 0 saturated heterocycles. The third-order valence-electron chi connectivity index (χ3n) is 3.96. The Morgan fingerprint density at radius 1 is 0.529 bits per heavy atom. The number of nitrogens with one attached hydrogen (secondary N) is 1. The molecule has 0 aliphatic heterocycles. The van der Waals surface area contributed by atoms with Crippen molar-refractivity contribution in [1.29, 1.82) is 0 Å². The molecule has 202 valence electrons. The minimum absolute atomic E-state index is 0.159. The third kappa shape index (κ3) is 27.1. The molecule has 0 atom stereocenters. The van der Waals surface area contributed by atoms with E-state index >= 15 is 0 Å². The molecule has 0 aromatic carbocycles. The molecule has 0 unspecified atom stereocenters. The molecule has 0 radical (unpaired) electrons. The number of methoxy groups -OCH3 is 1. The van der Waals surface area contributed by atoms with Gasteiger partial charge in [-0.1, -0.05) is 6.58 Å². The van der Waals surface area contributed by atoms with E-state index in [-0.39, 0.29) is 5.91 Å². The van der Waals surface area contributed by atoms with Crippen molar-refractivity contribution in [3.63, 3.8) is 0 Å². The standard InChI is InChI=1S/C23H45NO10/c1-22(2)23(25)24-4-5-27-8-9-29-12-13-31-16-17-33-20-21-34-19-18-32-15-14-30-11-10-28-7-6-26-3/h1,4-21H2,2-3H3,(H,24,25). The predicted molar refractivity (Wildman–Crippen MR) is 126 cm³/mol. The molecule has 1 N–H and O–H groups in total. The minimum Gasteiger partial charge on any atom is -0.382 e. The van der Waals surface area contributed by atoms with Crippen LogP contribution in [0.25, 0.3) is 0 Å². The van der Waals surface area contributed by atoms with Crippen molar-refractivity contribution in [2.24, 2.45) is 0 Å². The maximum Gasteiger partial charge on any atom is 0.246 e. The Kier molecular flexibility index (Phi) is 27.1. The number of carbonyl (C=O) groups is 1. The zero-order chi connectivity index (χ0) is 25.0. The van der Waals surface area contributed by atoms with Crippen molar-refractivity contribution in [2.75, 3.05) is 126 Å². The van der Waals surface area contributed by atoms with Gasteiger partial charge in [0.05, 0.1) is 112 Å². The highest BCUT2D eigenvalue weighted by molar-refractivity contribution is 5.91. The van der Waals surface area contributed by atoms with Gasteiger partial charge >= 0.3 is 0 Å². The third-order valence-corrected chi connectivity index (χ3v) is 3.96. The molecule has 34 heavy (non-hydrogen) atoms. The second-order valence-electron chi connectivity index (χ2n) is 6.93. The zero-order valence-corrected chi connectivity index (χ0v) is 21.0. The van der Waals surface area contributed by atoms with Crippen LogP contribution in [0.2, 0.25) is 0 Å². The largest absolute Gasteiger partial charge is 0.382 e. The minimum atomic E-state index is -0.159. The summed E-state index contributed by atoms with van der Waals surface area (Å²) in [6, 6.07) is 0. The quantitative estimate of drug-likeness (QED) is 0.121. The molecule has 0 aliphatic carbocycles. The van der Waals surface area contributed by atoms with E-state index in [1.54, 1.807) is 14.0 Å². The van der Waals surface area contributed by atoms with Crippen LogP contribution in [0.4, 0.5) is 0 Å². The Morgan fingerprint density at radius 2 is 0.794 bits per heavy atom. The molecule has 0 fully saturated rings. The fourth-order valence-electron chi connectivity index (χ4n) is 2.17. The van der Waals surface area contributed by atoms with Crippen molar-refractivity contribution in [3.8, 4) is 0 Å². The normalized spacial score (nSPS) is 11.1. The first-order valence-corrected chi connectivity index (χ1v) is 11.7. The van der Waals surface area contributed by atoms with Crippen LogP contribution in [0.1, 0.15) is 6.92 Å². The Balaban J connectivity index is 3.05. The van der Waals surface area contributed by atoms with E-state index in [0.29, 0.717) is 124 Å². The summed E-state index contributed by atoms with van der Waals surface area (Å²) in [5, 5.41) is 2.69. The monoisotopic (exact) mass is 495 g/mol. The molecule has 0 spiro atoms. The second-order valence-corrected chi connectivity index (χ2v) is 6.93. The Morgan fingerprint density at radius 3 is 1.06 bits per heavy atom. The van der Waals surface area contributed by atoms with E-state index in [1.165, 1.54) is 0 Å². The van der Waals surface area contributed by atoms with Crippen LogP contribution in [0.3, 0.4) is 0 Å². The van der Waals surface area contributed by atoms with Gasteiger partial charge in [-0.3, -0.25) is 4.79 Å². The number of carbonyl (C=O) groups excluding carboxylic acids is 1. The number of hydrogen-bond acceptors (Lipinski definition) is 10. The predicted octanol–water partition coefficient (Wildman–Crippen LogP) is 0.458. The molecule has 11 nitrogen and oxygen atoms in total.